The van der Waals surface area contributed by atoms with Gasteiger partial charge in [0.2, 0.25) is 0 Å². The first kappa shape index (κ1) is 44.6. The predicted molar refractivity (Wildman–Crippen MR) is 244 cm³/mol. The summed E-state index contributed by atoms with van der Waals surface area (Å²) in [4.78, 5) is 42.1. The molecule has 322 valence electrons. The quantitative estimate of drug-likeness (QED) is 0.0501. The van der Waals surface area contributed by atoms with E-state index >= 15 is 0 Å². The number of halogens is 2. The Bertz CT molecular complexity index is 2590. The van der Waals surface area contributed by atoms with Crippen molar-refractivity contribution in [3.05, 3.63) is 88.4 Å². The highest BCUT2D eigenvalue weighted by Gasteiger charge is 2.19. The molecule has 0 unspecified atom stereocenters. The number of urea groups is 2. The van der Waals surface area contributed by atoms with Crippen molar-refractivity contribution < 1.29 is 19.1 Å². The molecule has 0 atom stereocenters. The van der Waals surface area contributed by atoms with Crippen molar-refractivity contribution in [2.45, 2.75) is 51.6 Å². The number of imidazole rings is 2. The van der Waals surface area contributed by atoms with Crippen molar-refractivity contribution in [3.8, 4) is 0 Å². The zero-order chi connectivity index (χ0) is 43.3. The highest BCUT2D eigenvalue weighted by atomic mass is 35.5. The number of rotatable bonds is 17. The average molecular weight is 872 g/mol. The Balaban J connectivity index is 0.000000210. The number of methoxy groups -OCH3 is 2. The van der Waals surface area contributed by atoms with Crippen LogP contribution >= 0.6 is 23.2 Å². The van der Waals surface area contributed by atoms with Crippen molar-refractivity contribution >= 4 is 96.5 Å². The third-order valence-corrected chi connectivity index (χ3v) is 10.7. The van der Waals surface area contributed by atoms with Crippen LogP contribution in [0.2, 0.25) is 10.0 Å². The molecule has 0 aliphatic heterocycles. The van der Waals surface area contributed by atoms with Gasteiger partial charge in [-0.3, -0.25) is 0 Å². The van der Waals surface area contributed by atoms with Gasteiger partial charge < -0.3 is 51.3 Å². The van der Waals surface area contributed by atoms with Crippen LogP contribution < -0.4 is 32.7 Å². The maximum absolute atomic E-state index is 12.3. The zero-order valence-electron chi connectivity index (χ0n) is 34.6. The van der Waals surface area contributed by atoms with Crippen LogP contribution in [0.25, 0.3) is 43.9 Å². The zero-order valence-corrected chi connectivity index (χ0v) is 36.1. The second-order valence-electron chi connectivity index (χ2n) is 14.2. The van der Waals surface area contributed by atoms with E-state index in [1.807, 2.05) is 42.5 Å². The van der Waals surface area contributed by atoms with Crippen LogP contribution in [0, 0.1) is 0 Å². The molecule has 4 heterocycles. The number of unbranched alkanes of at least 4 members (excludes halogenated alkanes) is 2. The summed E-state index contributed by atoms with van der Waals surface area (Å²) in [5.74, 6) is 2.71. The first-order valence-corrected chi connectivity index (χ1v) is 20.9. The van der Waals surface area contributed by atoms with E-state index in [0.717, 1.165) is 88.8 Å². The van der Waals surface area contributed by atoms with E-state index in [0.29, 0.717) is 72.0 Å². The summed E-state index contributed by atoms with van der Waals surface area (Å²) in [5.41, 5.74) is 18.0. The number of nitrogens with one attached hydrogen (secondary N) is 4. The van der Waals surface area contributed by atoms with Crippen LogP contribution in [-0.2, 0) is 35.4 Å². The molecule has 0 bridgehead atoms. The summed E-state index contributed by atoms with van der Waals surface area (Å²) in [6.07, 6.45) is 4.75. The normalized spacial score (nSPS) is 11.2. The number of aryl methyl sites for hydroxylation is 2. The number of carbonyl (C=O) groups is 2. The number of para-hydroxylation sites is 3. The van der Waals surface area contributed by atoms with E-state index in [9.17, 15) is 9.59 Å². The molecule has 61 heavy (non-hydrogen) atoms. The number of hydrogen-bond acceptors (Lipinski definition) is 10. The summed E-state index contributed by atoms with van der Waals surface area (Å²) in [6, 6.07) is 20.4. The van der Waals surface area contributed by atoms with Gasteiger partial charge in [-0.05, 0) is 49.9 Å². The number of pyridine rings is 2. The number of anilines is 3. The second-order valence-corrected chi connectivity index (χ2v) is 15.0. The number of hydrogen-bond donors (Lipinski definition) is 6. The van der Waals surface area contributed by atoms with E-state index in [4.69, 9.17) is 54.1 Å². The number of aromatic nitrogens is 6. The number of nitrogens with two attached hydrogens (primary N) is 2. The molecule has 0 fully saturated rings. The first-order chi connectivity index (χ1) is 29.6. The van der Waals surface area contributed by atoms with E-state index in [2.05, 4.69) is 46.4 Å². The largest absolute Gasteiger partial charge is 0.384 e. The molecule has 0 aliphatic rings. The molecule has 4 aromatic heterocycles. The molecular formula is C43H52Cl2N12O4. The van der Waals surface area contributed by atoms with Gasteiger partial charge in [0.25, 0.3) is 0 Å². The number of fused-ring (bicyclic) bond motifs is 6. The van der Waals surface area contributed by atoms with Gasteiger partial charge in [-0.1, -0.05) is 65.7 Å². The number of ether oxygens (including phenoxy) is 2. The minimum atomic E-state index is -0.353. The van der Waals surface area contributed by atoms with Crippen LogP contribution in [-0.4, -0.2) is 88.7 Å². The first-order valence-electron chi connectivity index (χ1n) is 20.1. The van der Waals surface area contributed by atoms with E-state index in [-0.39, 0.29) is 12.1 Å². The summed E-state index contributed by atoms with van der Waals surface area (Å²) in [6.45, 7) is 3.79. The van der Waals surface area contributed by atoms with Gasteiger partial charge in [-0.15, -0.1) is 0 Å². The fourth-order valence-electron chi connectivity index (χ4n) is 7.12. The second kappa shape index (κ2) is 21.5. The Morgan fingerprint density at radius 1 is 0.639 bits per heavy atom. The van der Waals surface area contributed by atoms with Gasteiger partial charge in [-0.2, -0.15) is 0 Å². The van der Waals surface area contributed by atoms with Crippen LogP contribution in [0.1, 0.15) is 37.3 Å². The predicted octanol–water partition coefficient (Wildman–Crippen LogP) is 7.33. The van der Waals surface area contributed by atoms with Crippen molar-refractivity contribution in [2.75, 3.05) is 64.4 Å². The molecule has 4 amide bonds. The molecule has 8 N–H and O–H groups in total. The van der Waals surface area contributed by atoms with Crippen LogP contribution in [0.15, 0.2) is 66.7 Å². The lowest BCUT2D eigenvalue weighted by Crippen LogP contribution is -2.33. The van der Waals surface area contributed by atoms with Crippen LogP contribution in [0.3, 0.4) is 0 Å². The van der Waals surface area contributed by atoms with Gasteiger partial charge in [0, 0.05) is 71.1 Å². The highest BCUT2D eigenvalue weighted by Crippen LogP contribution is 2.32. The minimum Gasteiger partial charge on any atom is -0.384 e. The third-order valence-electron chi connectivity index (χ3n) is 10.1. The summed E-state index contributed by atoms with van der Waals surface area (Å²) >= 11 is 12.2. The third kappa shape index (κ3) is 10.9. The average Bonchev–Trinajstić information content (AvgIpc) is 3.82. The highest BCUT2D eigenvalue weighted by molar-refractivity contribution is 6.39. The fraction of sp³-hybridized carbons (Fsp3) is 0.349. The minimum absolute atomic E-state index is 0.159. The smallest absolute Gasteiger partial charge is 0.319 e. The summed E-state index contributed by atoms with van der Waals surface area (Å²) in [7, 11) is 4.96. The van der Waals surface area contributed by atoms with Crippen LogP contribution in [0.4, 0.5) is 26.9 Å². The van der Waals surface area contributed by atoms with Gasteiger partial charge >= 0.3 is 12.1 Å². The Morgan fingerprint density at radius 2 is 1.10 bits per heavy atom. The topological polar surface area (TPSA) is 214 Å². The van der Waals surface area contributed by atoms with Gasteiger partial charge in [0.05, 0.1) is 51.0 Å². The standard InChI is InChI=1S/C24H26Cl2N6O2.C19H26N6O2/c1-34-14-11-19-30-21-22(15-7-2-3-10-18(15)29-23(21)27)32(19)13-5-4-12-28-24(33)31-20-16(25)8-6-9-17(20)26;1-21-19(26)22-10-5-6-11-25-15(9-12-27-2)24-16-17(25)13-7-3-4-8-14(13)23-18(16)20/h2-3,6-10H,4-5,11-14H2,1H3,(H2,27,29)(H2,28,31,33);3-4,7-8H,5-6,9-12H2,1-2H3,(H2,20,23)(H2,21,22,26). The molecule has 7 aromatic rings. The monoisotopic (exact) mass is 870 g/mol. The molecule has 0 spiro atoms. The lowest BCUT2D eigenvalue weighted by molar-refractivity contribution is 0.199. The van der Waals surface area contributed by atoms with Crippen LogP contribution in [0.5, 0.6) is 0 Å². The van der Waals surface area contributed by atoms with Crippen molar-refractivity contribution in [1.82, 2.24) is 45.0 Å². The molecular weight excluding hydrogens is 819 g/mol. The Morgan fingerprint density at radius 3 is 1.56 bits per heavy atom. The fourth-order valence-corrected chi connectivity index (χ4v) is 7.61. The van der Waals surface area contributed by atoms with E-state index in [1.54, 1.807) is 39.5 Å². The number of nitrogens with zero attached hydrogens (tertiary/aromatic N) is 6. The summed E-state index contributed by atoms with van der Waals surface area (Å²) < 4.78 is 14.9. The molecule has 0 aliphatic carbocycles. The molecule has 0 saturated heterocycles. The summed E-state index contributed by atoms with van der Waals surface area (Å²) in [5, 5.41) is 13.7. The molecule has 18 heteroatoms. The van der Waals surface area contributed by atoms with Crippen molar-refractivity contribution in [1.29, 1.82) is 0 Å². The van der Waals surface area contributed by atoms with Crippen molar-refractivity contribution in [3.63, 3.8) is 0 Å². The Hall–Kier alpha value is -5.94. The Kier molecular flexibility index (Phi) is 15.8. The van der Waals surface area contributed by atoms with E-state index < -0.39 is 0 Å². The Labute approximate surface area is 363 Å². The molecule has 0 saturated carbocycles. The number of carbonyl (C=O) groups excluding carboxylic acids is 2. The molecule has 16 nitrogen and oxygen atoms in total. The number of benzene rings is 3. The lowest BCUT2D eigenvalue weighted by Gasteiger charge is -2.12. The number of amides is 4. The maximum atomic E-state index is 12.3. The lowest BCUT2D eigenvalue weighted by atomic mass is 10.2. The van der Waals surface area contributed by atoms with Gasteiger partial charge in [0.1, 0.15) is 22.7 Å². The molecule has 3 aromatic carbocycles. The molecule has 7 rings (SSSR count). The maximum Gasteiger partial charge on any atom is 0.319 e. The molecule has 0 radical (unpaired) electrons. The van der Waals surface area contributed by atoms with E-state index in [1.165, 1.54) is 0 Å². The van der Waals surface area contributed by atoms with Crippen molar-refractivity contribution in [2.24, 2.45) is 0 Å². The van der Waals surface area contributed by atoms with Gasteiger partial charge in [-0.25, -0.2) is 29.5 Å². The number of nitrogen functional groups attached to an aromatic ring is 2. The van der Waals surface area contributed by atoms with Gasteiger partial charge in [0.15, 0.2) is 11.6 Å². The SMILES string of the molecule is CNC(=O)NCCCCn1c(CCOC)nc2c(N)nc3ccccc3c21.COCCc1nc2c(N)nc3ccccc3c2n1CCCCNC(=O)Nc1c(Cl)cccc1Cl.